The number of nitrogens with one attached hydrogen (secondary N) is 1. The van der Waals surface area contributed by atoms with Crippen LogP contribution < -0.4 is 20.9 Å². The first-order chi connectivity index (χ1) is 15.8. The van der Waals surface area contributed by atoms with Crippen LogP contribution in [0.25, 0.3) is 0 Å². The number of hydrogen-bond donors (Lipinski definition) is 2. The second kappa shape index (κ2) is 5.96. The van der Waals surface area contributed by atoms with Gasteiger partial charge in [0.25, 0.3) is 0 Å². The summed E-state index contributed by atoms with van der Waals surface area (Å²) >= 11 is 0. The van der Waals surface area contributed by atoms with Crippen LogP contribution in [0.3, 0.4) is 0 Å². The van der Waals surface area contributed by atoms with Crippen LogP contribution in [0.1, 0.15) is 44.2 Å². The number of hydrogen-bond acceptors (Lipinski definition) is 6. The van der Waals surface area contributed by atoms with Crippen molar-refractivity contribution in [3.05, 3.63) is 76.4 Å². The van der Waals surface area contributed by atoms with Crippen molar-refractivity contribution in [2.24, 2.45) is 5.73 Å². The van der Waals surface area contributed by atoms with Crippen molar-refractivity contribution in [2.75, 3.05) is 15.1 Å². The smallest absolute Gasteiger partial charge is 0.249 e. The average Bonchev–Trinajstić information content (AvgIpc) is 3.28. The lowest BCUT2D eigenvalue weighted by Crippen LogP contribution is -2.55. The first-order valence-corrected chi connectivity index (χ1v) is 11.0. The zero-order valence-electron chi connectivity index (χ0n) is 18.6. The molecule has 0 aliphatic carbocycles. The molecule has 4 aliphatic heterocycles. The molecule has 2 aromatic carbocycles. The number of nitrogens with zero attached hydrogens (tertiary/aromatic N) is 4. The molecule has 2 aromatic rings. The van der Waals surface area contributed by atoms with E-state index in [1.165, 1.54) is 0 Å². The molecule has 0 aromatic heterocycles. The van der Waals surface area contributed by atoms with E-state index < -0.39 is 11.0 Å². The quantitative estimate of drug-likeness (QED) is 0.650. The van der Waals surface area contributed by atoms with Crippen LogP contribution in [-0.4, -0.2) is 11.4 Å². The Hall–Kier alpha value is -4.23. The van der Waals surface area contributed by atoms with Gasteiger partial charge >= 0.3 is 0 Å². The molecule has 1 amide bonds. The number of carbonyl (C=O) groups excluding carboxylic acids is 1. The van der Waals surface area contributed by atoms with E-state index in [9.17, 15) is 15.3 Å². The Bertz CT molecular complexity index is 1440. The molecule has 0 fully saturated rings. The zero-order chi connectivity index (χ0) is 23.3. The van der Waals surface area contributed by atoms with Gasteiger partial charge in [-0.25, -0.2) is 0 Å². The van der Waals surface area contributed by atoms with Crippen LogP contribution in [0.15, 0.2) is 65.3 Å². The van der Waals surface area contributed by atoms with Crippen LogP contribution in [0.5, 0.6) is 0 Å². The summed E-state index contributed by atoms with van der Waals surface area (Å²) in [6.07, 6.45) is 0.778. The summed E-state index contributed by atoms with van der Waals surface area (Å²) in [5, 5.41) is 24.2. The summed E-state index contributed by atoms with van der Waals surface area (Å²) in [7, 11) is 0. The van der Waals surface area contributed by atoms with E-state index in [1.54, 1.807) is 9.80 Å². The van der Waals surface area contributed by atoms with E-state index in [-0.39, 0.29) is 28.8 Å². The van der Waals surface area contributed by atoms with Crippen molar-refractivity contribution in [1.29, 1.82) is 10.5 Å². The minimum Gasteiger partial charge on any atom is -0.384 e. The van der Waals surface area contributed by atoms with Crippen molar-refractivity contribution in [3.8, 4) is 12.1 Å². The number of fused-ring (bicyclic) bond motifs is 4. The van der Waals surface area contributed by atoms with Gasteiger partial charge in [-0.05, 0) is 43.9 Å². The number of amides is 1. The van der Waals surface area contributed by atoms with Gasteiger partial charge in [0.1, 0.15) is 23.8 Å². The molecule has 1 spiro atoms. The summed E-state index contributed by atoms with van der Waals surface area (Å²) in [5.74, 6) is 0.545. The molecule has 6 rings (SSSR count). The van der Waals surface area contributed by atoms with E-state index in [1.807, 2.05) is 56.3 Å². The second-order valence-corrected chi connectivity index (χ2v) is 9.74. The van der Waals surface area contributed by atoms with Gasteiger partial charge in [-0.1, -0.05) is 37.3 Å². The molecule has 7 nitrogen and oxygen atoms in total. The fourth-order valence-electron chi connectivity index (χ4n) is 6.29. The maximum absolute atomic E-state index is 14.5. The standard InChI is InChI=1S/C26H22N6O/c1-14-11-25(2,3)32-21-15(14)7-6-8-16(21)26(24(32)33)17(12-27)22(29)31-20-10-5-4-9-19(20)30-23(31)18(26)13-28/h4-10,14,30H,11,29H2,1-3H3/t14-,26+/m1/s1. The van der Waals surface area contributed by atoms with Crippen molar-refractivity contribution >= 4 is 23.0 Å². The lowest BCUT2D eigenvalue weighted by atomic mass is 9.68. The van der Waals surface area contributed by atoms with Gasteiger partial charge in [-0.3, -0.25) is 9.69 Å². The molecular weight excluding hydrogens is 412 g/mol. The Labute approximate surface area is 192 Å². The third-order valence-electron chi connectivity index (χ3n) is 7.49. The highest BCUT2D eigenvalue weighted by Gasteiger charge is 2.65. The van der Waals surface area contributed by atoms with Crippen molar-refractivity contribution in [2.45, 2.75) is 44.1 Å². The van der Waals surface area contributed by atoms with Crippen LogP contribution >= 0.6 is 0 Å². The van der Waals surface area contributed by atoms with Crippen LogP contribution in [0.4, 0.5) is 17.1 Å². The molecule has 0 unspecified atom stereocenters. The van der Waals surface area contributed by atoms with Crippen molar-refractivity contribution < 1.29 is 4.79 Å². The Morgan fingerprint density at radius 1 is 1.09 bits per heavy atom. The Kier molecular flexibility index (Phi) is 3.52. The summed E-state index contributed by atoms with van der Waals surface area (Å²) in [4.78, 5) is 18.0. The van der Waals surface area contributed by atoms with Gasteiger partial charge in [0.15, 0.2) is 5.41 Å². The maximum atomic E-state index is 14.5. The summed E-state index contributed by atoms with van der Waals surface area (Å²) in [5.41, 5.74) is 8.91. The molecule has 0 bridgehead atoms. The van der Waals surface area contributed by atoms with E-state index in [0.717, 1.165) is 29.0 Å². The summed E-state index contributed by atoms with van der Waals surface area (Å²) in [6.45, 7) is 6.23. The van der Waals surface area contributed by atoms with Crippen LogP contribution in [0.2, 0.25) is 0 Å². The number of benzene rings is 2. The molecule has 0 radical (unpaired) electrons. The van der Waals surface area contributed by atoms with Crippen molar-refractivity contribution in [1.82, 2.24) is 0 Å². The second-order valence-electron chi connectivity index (χ2n) is 9.74. The molecule has 162 valence electrons. The SMILES string of the molecule is C[C@@H]1CC(C)(C)N2C(=O)[C@]3(C(C#N)=C(N)N4C(=C3C#N)Nc3ccccc34)c3cccc1c32. The van der Waals surface area contributed by atoms with Crippen molar-refractivity contribution in [3.63, 3.8) is 0 Å². The summed E-state index contributed by atoms with van der Waals surface area (Å²) in [6, 6.07) is 17.9. The number of nitriles is 2. The molecule has 2 atom stereocenters. The number of para-hydroxylation sites is 3. The topological polar surface area (TPSA) is 109 Å². The van der Waals surface area contributed by atoms with Gasteiger partial charge < -0.3 is 16.0 Å². The largest absolute Gasteiger partial charge is 0.384 e. The predicted molar refractivity (Wildman–Crippen MR) is 125 cm³/mol. The molecule has 3 N–H and O–H groups in total. The van der Waals surface area contributed by atoms with E-state index in [0.29, 0.717) is 11.4 Å². The highest BCUT2D eigenvalue weighted by atomic mass is 16.2. The fraction of sp³-hybridized carbons (Fsp3) is 0.269. The number of anilines is 3. The Morgan fingerprint density at radius 3 is 2.55 bits per heavy atom. The molecule has 4 aliphatic rings. The van der Waals surface area contributed by atoms with Gasteiger partial charge in [0.05, 0.1) is 28.2 Å². The molecular formula is C26H22N6O. The number of rotatable bonds is 0. The molecule has 4 heterocycles. The monoisotopic (exact) mass is 434 g/mol. The molecule has 0 saturated heterocycles. The zero-order valence-corrected chi connectivity index (χ0v) is 18.6. The number of nitrogens with two attached hydrogens (primary N) is 1. The van der Waals surface area contributed by atoms with Gasteiger partial charge in [-0.15, -0.1) is 0 Å². The van der Waals surface area contributed by atoms with E-state index >= 15 is 0 Å². The minimum atomic E-state index is -1.58. The molecule has 33 heavy (non-hydrogen) atoms. The Morgan fingerprint density at radius 2 is 1.82 bits per heavy atom. The van der Waals surface area contributed by atoms with Gasteiger partial charge in [0, 0.05) is 11.1 Å². The third kappa shape index (κ3) is 2.01. The van der Waals surface area contributed by atoms with E-state index in [2.05, 4.69) is 24.4 Å². The lowest BCUT2D eigenvalue weighted by molar-refractivity contribution is -0.122. The average molecular weight is 435 g/mol. The van der Waals surface area contributed by atoms with Gasteiger partial charge in [0.2, 0.25) is 5.91 Å². The first-order valence-electron chi connectivity index (χ1n) is 11.0. The van der Waals surface area contributed by atoms with Crippen LogP contribution in [-0.2, 0) is 10.2 Å². The lowest BCUT2D eigenvalue weighted by Gasteiger charge is -2.44. The molecule has 0 saturated carbocycles. The molecule has 7 heteroatoms. The highest BCUT2D eigenvalue weighted by Crippen LogP contribution is 2.61. The van der Waals surface area contributed by atoms with Gasteiger partial charge in [-0.2, -0.15) is 10.5 Å². The normalized spacial score (nSPS) is 26.0. The predicted octanol–water partition coefficient (Wildman–Crippen LogP) is 3.93. The highest BCUT2D eigenvalue weighted by molar-refractivity contribution is 6.17. The minimum absolute atomic E-state index is 0.0950. The Balaban J connectivity index is 1.75. The number of carbonyl (C=O) groups is 1. The van der Waals surface area contributed by atoms with E-state index in [4.69, 9.17) is 5.73 Å². The summed E-state index contributed by atoms with van der Waals surface area (Å²) < 4.78 is 0. The maximum Gasteiger partial charge on any atom is 0.249 e. The van der Waals surface area contributed by atoms with Crippen LogP contribution in [0, 0.1) is 22.7 Å². The third-order valence-corrected chi connectivity index (χ3v) is 7.49. The fourth-order valence-corrected chi connectivity index (χ4v) is 6.29. The first kappa shape index (κ1) is 19.5.